The summed E-state index contributed by atoms with van der Waals surface area (Å²) >= 11 is 0. The van der Waals surface area contributed by atoms with Crippen molar-refractivity contribution in [2.24, 2.45) is 0 Å². The van der Waals surface area contributed by atoms with E-state index in [1.54, 1.807) is 0 Å². The molecule has 2 heterocycles. The molecule has 1 aromatic carbocycles. The highest BCUT2D eigenvalue weighted by Gasteiger charge is 2.51. The molecule has 1 aliphatic carbocycles. The van der Waals surface area contributed by atoms with Crippen molar-refractivity contribution in [1.29, 1.82) is 0 Å². The molecule has 22 heavy (non-hydrogen) atoms. The molecule has 1 unspecified atom stereocenters. The lowest BCUT2D eigenvalue weighted by atomic mass is 9.92. The van der Waals surface area contributed by atoms with E-state index < -0.39 is 0 Å². The molecule has 1 aliphatic heterocycles. The molecule has 1 atom stereocenters. The highest BCUT2D eigenvalue weighted by Crippen LogP contribution is 2.53. The van der Waals surface area contributed by atoms with Gasteiger partial charge in [-0.2, -0.15) is 4.98 Å². The first-order valence-corrected chi connectivity index (χ1v) is 8.02. The molecule has 2 aliphatic rings. The largest absolute Gasteiger partial charge is 0.338 e. The molecule has 1 aromatic heterocycles. The van der Waals surface area contributed by atoms with Crippen molar-refractivity contribution in [1.82, 2.24) is 20.4 Å². The number of aryl methyl sites for hydroxylation is 1. The predicted molar refractivity (Wildman–Crippen MR) is 83.7 cm³/mol. The number of aromatic nitrogens is 2. The summed E-state index contributed by atoms with van der Waals surface area (Å²) in [5.74, 6) is 1.60. The van der Waals surface area contributed by atoms with Crippen LogP contribution in [0.2, 0.25) is 0 Å². The SMILES string of the molecule is Cc1ccccc1C1(c2nc(C3CNCCN3C)no2)CC1. The minimum absolute atomic E-state index is 0.0444. The Morgan fingerprint density at radius 1 is 1.32 bits per heavy atom. The molecule has 1 N–H and O–H groups in total. The summed E-state index contributed by atoms with van der Waals surface area (Å²) < 4.78 is 5.69. The van der Waals surface area contributed by atoms with Crippen LogP contribution < -0.4 is 5.32 Å². The maximum absolute atomic E-state index is 5.69. The molecule has 4 rings (SSSR count). The molecular formula is C17H22N4O. The molecule has 0 spiro atoms. The average molecular weight is 298 g/mol. The number of hydrogen-bond donors (Lipinski definition) is 1. The van der Waals surface area contributed by atoms with Crippen LogP contribution in [0.15, 0.2) is 28.8 Å². The van der Waals surface area contributed by atoms with Gasteiger partial charge >= 0.3 is 0 Å². The van der Waals surface area contributed by atoms with Gasteiger partial charge in [0, 0.05) is 19.6 Å². The Bertz CT molecular complexity index is 677. The standard InChI is InChI=1S/C17H22N4O/c1-12-5-3-4-6-13(12)17(7-8-17)16-19-15(20-22-16)14-11-18-9-10-21(14)2/h3-6,14,18H,7-11H2,1-2H3. The Labute approximate surface area is 130 Å². The molecule has 1 saturated heterocycles. The molecular weight excluding hydrogens is 276 g/mol. The zero-order valence-electron chi connectivity index (χ0n) is 13.2. The lowest BCUT2D eigenvalue weighted by molar-refractivity contribution is 0.190. The Kier molecular flexibility index (Phi) is 3.27. The third-order valence-corrected chi connectivity index (χ3v) is 5.07. The smallest absolute Gasteiger partial charge is 0.237 e. The van der Waals surface area contributed by atoms with E-state index in [1.165, 1.54) is 11.1 Å². The number of nitrogens with zero attached hydrogens (tertiary/aromatic N) is 3. The van der Waals surface area contributed by atoms with Gasteiger partial charge in [-0.05, 0) is 37.9 Å². The molecule has 116 valence electrons. The third-order valence-electron chi connectivity index (χ3n) is 5.07. The fourth-order valence-corrected chi connectivity index (χ4v) is 3.49. The summed E-state index contributed by atoms with van der Waals surface area (Å²) in [7, 11) is 2.12. The number of hydrogen-bond acceptors (Lipinski definition) is 5. The lowest BCUT2D eigenvalue weighted by Crippen LogP contribution is -2.44. The maximum Gasteiger partial charge on any atom is 0.237 e. The average Bonchev–Trinajstić information content (AvgIpc) is 3.18. The van der Waals surface area contributed by atoms with Crippen LogP contribution in [0.3, 0.4) is 0 Å². The fraction of sp³-hybridized carbons (Fsp3) is 0.529. The Balaban J connectivity index is 1.66. The van der Waals surface area contributed by atoms with Crippen molar-refractivity contribution in [2.75, 3.05) is 26.7 Å². The van der Waals surface area contributed by atoms with E-state index in [-0.39, 0.29) is 11.5 Å². The molecule has 0 bridgehead atoms. The number of piperazine rings is 1. The molecule has 2 fully saturated rings. The zero-order chi connectivity index (χ0) is 15.2. The van der Waals surface area contributed by atoms with Gasteiger partial charge in [0.2, 0.25) is 5.89 Å². The van der Waals surface area contributed by atoms with Crippen LogP contribution in [0.1, 0.15) is 41.7 Å². The van der Waals surface area contributed by atoms with Gasteiger partial charge in [0.15, 0.2) is 5.82 Å². The summed E-state index contributed by atoms with van der Waals surface area (Å²) in [6, 6.07) is 8.74. The van der Waals surface area contributed by atoms with Crippen molar-refractivity contribution < 1.29 is 4.52 Å². The van der Waals surface area contributed by atoms with E-state index in [2.05, 4.69) is 53.6 Å². The first-order valence-electron chi connectivity index (χ1n) is 8.02. The third kappa shape index (κ3) is 2.16. The minimum Gasteiger partial charge on any atom is -0.338 e. The van der Waals surface area contributed by atoms with Gasteiger partial charge < -0.3 is 9.84 Å². The van der Waals surface area contributed by atoms with Crippen LogP contribution in [-0.2, 0) is 5.41 Å². The quantitative estimate of drug-likeness (QED) is 0.939. The number of benzene rings is 1. The van der Waals surface area contributed by atoms with Crippen molar-refractivity contribution in [3.8, 4) is 0 Å². The number of rotatable bonds is 3. The summed E-state index contributed by atoms with van der Waals surface area (Å²) in [4.78, 5) is 7.07. The zero-order valence-corrected chi connectivity index (χ0v) is 13.2. The van der Waals surface area contributed by atoms with E-state index >= 15 is 0 Å². The van der Waals surface area contributed by atoms with Crippen LogP contribution in [0.25, 0.3) is 0 Å². The van der Waals surface area contributed by atoms with Gasteiger partial charge in [0.1, 0.15) is 0 Å². The monoisotopic (exact) mass is 298 g/mol. The first-order chi connectivity index (χ1) is 10.7. The second-order valence-corrected chi connectivity index (χ2v) is 6.56. The molecule has 2 aromatic rings. The fourth-order valence-electron chi connectivity index (χ4n) is 3.49. The predicted octanol–water partition coefficient (Wildman–Crippen LogP) is 2.03. The first kappa shape index (κ1) is 13.9. The summed E-state index contributed by atoms with van der Waals surface area (Å²) in [5.41, 5.74) is 2.59. The van der Waals surface area contributed by atoms with Gasteiger partial charge in [0.05, 0.1) is 11.5 Å². The normalized spacial score (nSPS) is 24.4. The summed E-state index contributed by atoms with van der Waals surface area (Å²) in [6.07, 6.45) is 2.19. The van der Waals surface area contributed by atoms with Gasteiger partial charge in [-0.15, -0.1) is 0 Å². The van der Waals surface area contributed by atoms with Crippen LogP contribution in [-0.4, -0.2) is 41.7 Å². The van der Waals surface area contributed by atoms with E-state index in [0.717, 1.165) is 44.2 Å². The summed E-state index contributed by atoms with van der Waals surface area (Å²) in [5, 5.41) is 7.69. The van der Waals surface area contributed by atoms with Gasteiger partial charge in [-0.1, -0.05) is 29.4 Å². The Hall–Kier alpha value is -1.72. The summed E-state index contributed by atoms with van der Waals surface area (Å²) in [6.45, 7) is 5.07. The van der Waals surface area contributed by atoms with E-state index in [4.69, 9.17) is 9.51 Å². The highest BCUT2D eigenvalue weighted by atomic mass is 16.5. The van der Waals surface area contributed by atoms with Crippen LogP contribution >= 0.6 is 0 Å². The van der Waals surface area contributed by atoms with E-state index in [9.17, 15) is 0 Å². The van der Waals surface area contributed by atoms with Crippen molar-refractivity contribution >= 4 is 0 Å². The minimum atomic E-state index is -0.0444. The second kappa shape index (κ2) is 5.18. The highest BCUT2D eigenvalue weighted by molar-refractivity contribution is 5.43. The Morgan fingerprint density at radius 3 is 2.86 bits per heavy atom. The molecule has 0 amide bonds. The van der Waals surface area contributed by atoms with Crippen molar-refractivity contribution in [3.63, 3.8) is 0 Å². The van der Waals surface area contributed by atoms with Gasteiger partial charge in [-0.25, -0.2) is 0 Å². The molecule has 5 heteroatoms. The van der Waals surface area contributed by atoms with Crippen molar-refractivity contribution in [2.45, 2.75) is 31.2 Å². The molecule has 1 saturated carbocycles. The van der Waals surface area contributed by atoms with Crippen LogP contribution in [0.5, 0.6) is 0 Å². The van der Waals surface area contributed by atoms with Gasteiger partial charge in [-0.3, -0.25) is 4.90 Å². The maximum atomic E-state index is 5.69. The van der Waals surface area contributed by atoms with Crippen molar-refractivity contribution in [3.05, 3.63) is 47.1 Å². The van der Waals surface area contributed by atoms with Gasteiger partial charge in [0.25, 0.3) is 0 Å². The van der Waals surface area contributed by atoms with Crippen LogP contribution in [0, 0.1) is 6.92 Å². The number of likely N-dealkylation sites (N-methyl/N-ethyl adjacent to an activating group) is 1. The molecule has 5 nitrogen and oxygen atoms in total. The second-order valence-electron chi connectivity index (χ2n) is 6.56. The van der Waals surface area contributed by atoms with E-state index in [0.29, 0.717) is 0 Å². The van der Waals surface area contributed by atoms with E-state index in [1.807, 2.05) is 0 Å². The van der Waals surface area contributed by atoms with Crippen LogP contribution in [0.4, 0.5) is 0 Å². The Morgan fingerprint density at radius 2 is 2.14 bits per heavy atom. The lowest BCUT2D eigenvalue weighted by Gasteiger charge is -2.30. The topological polar surface area (TPSA) is 54.2 Å². The number of nitrogens with one attached hydrogen (secondary N) is 1. The molecule has 0 radical (unpaired) electrons.